The largest absolute Gasteiger partial charge is 0.346 e. The minimum absolute atomic E-state index is 0.378. The molecule has 0 spiro atoms. The van der Waals surface area contributed by atoms with Crippen molar-refractivity contribution in [3.05, 3.63) is 23.1 Å². The van der Waals surface area contributed by atoms with Crippen molar-refractivity contribution in [1.29, 1.82) is 5.41 Å². The minimum Gasteiger partial charge on any atom is -0.346 e. The van der Waals surface area contributed by atoms with Gasteiger partial charge in [-0.25, -0.2) is 10.2 Å². The molecule has 0 bridgehead atoms. The van der Waals surface area contributed by atoms with Crippen LogP contribution < -0.4 is 10.7 Å². The number of aromatic nitrogens is 2. The Hall–Kier alpha value is -1.75. The highest BCUT2D eigenvalue weighted by Gasteiger charge is 1.84. The summed E-state index contributed by atoms with van der Waals surface area (Å²) in [6.07, 6.45) is 6.52. The van der Waals surface area contributed by atoms with Crippen molar-refractivity contribution in [2.24, 2.45) is 0 Å². The molecule has 12 heavy (non-hydrogen) atoms. The van der Waals surface area contributed by atoms with E-state index < -0.39 is 0 Å². The monoisotopic (exact) mass is 165 g/mol. The topological polar surface area (TPSA) is 79.1 Å². The van der Waals surface area contributed by atoms with Crippen molar-refractivity contribution in [1.82, 2.24) is 9.97 Å². The van der Waals surface area contributed by atoms with Gasteiger partial charge in [0.15, 0.2) is 6.26 Å². The molecule has 0 amide bonds. The van der Waals surface area contributed by atoms with Crippen LogP contribution in [-0.4, -0.2) is 21.4 Å². The summed E-state index contributed by atoms with van der Waals surface area (Å²) in [4.78, 5) is 11.5. The van der Waals surface area contributed by atoms with Crippen LogP contribution in [0.15, 0.2) is 12.4 Å². The van der Waals surface area contributed by atoms with Gasteiger partial charge in [0, 0.05) is 18.6 Å². The first-order valence-corrected chi connectivity index (χ1v) is 3.16. The summed E-state index contributed by atoms with van der Waals surface area (Å²) in [5, 5.41) is 15.8. The second-order valence-corrected chi connectivity index (χ2v) is 1.88. The summed E-state index contributed by atoms with van der Waals surface area (Å²) < 4.78 is 0. The van der Waals surface area contributed by atoms with Gasteiger partial charge in [-0.3, -0.25) is 4.98 Å². The Morgan fingerprint density at radius 1 is 1.33 bits per heavy atom. The second-order valence-electron chi connectivity index (χ2n) is 1.88. The van der Waals surface area contributed by atoms with Crippen molar-refractivity contribution >= 4 is 18.6 Å². The maximum absolute atomic E-state index is 8.12. The molecule has 62 valence electrons. The molecule has 0 aliphatic carbocycles. The first-order chi connectivity index (χ1) is 5.88. The highest BCUT2D eigenvalue weighted by Crippen LogP contribution is 1.62. The van der Waals surface area contributed by atoms with Gasteiger partial charge in [0.1, 0.15) is 5.35 Å². The van der Waals surface area contributed by atoms with Gasteiger partial charge in [0.25, 0.3) is 0 Å². The Labute approximate surface area is 68.1 Å². The summed E-state index contributed by atoms with van der Waals surface area (Å²) in [6.45, 7) is 0. The van der Waals surface area contributed by atoms with Crippen molar-refractivity contribution in [3.63, 3.8) is 0 Å². The van der Waals surface area contributed by atoms with Gasteiger partial charge in [-0.05, 0) is 6.08 Å². The predicted octanol–water partition coefficient (Wildman–Crippen LogP) is -0.866. The maximum atomic E-state index is 8.12. The summed E-state index contributed by atoms with van der Waals surface area (Å²) in [5.41, 5.74) is 0. The van der Waals surface area contributed by atoms with E-state index in [0.717, 1.165) is 12.5 Å². The lowest BCUT2D eigenvalue weighted by Crippen LogP contribution is -2.31. The molecule has 1 aromatic rings. The lowest BCUT2D eigenvalue weighted by Gasteiger charge is -1.86. The fourth-order valence-electron chi connectivity index (χ4n) is 0.708. The maximum Gasteiger partial charge on any atom is 0.157 e. The van der Waals surface area contributed by atoms with E-state index in [1.807, 2.05) is 0 Å². The van der Waals surface area contributed by atoms with Crippen molar-refractivity contribution in [2.45, 2.75) is 0 Å². The van der Waals surface area contributed by atoms with Crippen LogP contribution in [0.2, 0.25) is 0 Å². The normalized spacial score (nSPS) is 13.1. The first kappa shape index (κ1) is 8.35. The molecule has 5 heteroatoms. The molecule has 0 radical (unpaired) electrons. The molecular weight excluding hydrogens is 158 g/mol. The van der Waals surface area contributed by atoms with E-state index in [0.29, 0.717) is 10.7 Å². The SMILES string of the molecule is N=C/C=c1/nccn/c1=C/OO. The average Bonchev–Trinajstić information content (AvgIpc) is 2.09. The highest BCUT2D eigenvalue weighted by molar-refractivity contribution is 5.87. The molecule has 0 aliphatic heterocycles. The zero-order valence-corrected chi connectivity index (χ0v) is 6.14. The third-order valence-corrected chi connectivity index (χ3v) is 1.16. The lowest BCUT2D eigenvalue weighted by molar-refractivity contribution is -0.162. The first-order valence-electron chi connectivity index (χ1n) is 3.16. The molecule has 0 saturated heterocycles. The molecule has 0 saturated carbocycles. The second kappa shape index (κ2) is 4.20. The predicted molar refractivity (Wildman–Crippen MR) is 42.7 cm³/mol. The van der Waals surface area contributed by atoms with Crippen LogP contribution in [0.5, 0.6) is 0 Å². The molecular formula is C7H7N3O2. The molecule has 1 aromatic heterocycles. The molecule has 0 aromatic carbocycles. The van der Waals surface area contributed by atoms with Gasteiger partial charge in [-0.1, -0.05) is 0 Å². The molecule has 1 rings (SSSR count). The van der Waals surface area contributed by atoms with E-state index >= 15 is 0 Å². The van der Waals surface area contributed by atoms with Crippen LogP contribution >= 0.6 is 0 Å². The van der Waals surface area contributed by atoms with Gasteiger partial charge in [-0.2, -0.15) is 0 Å². The van der Waals surface area contributed by atoms with Gasteiger partial charge in [0.05, 0.1) is 5.35 Å². The van der Waals surface area contributed by atoms with Crippen molar-refractivity contribution in [3.8, 4) is 0 Å². The number of nitrogens with one attached hydrogen (secondary N) is 1. The fourth-order valence-corrected chi connectivity index (χ4v) is 0.708. The third kappa shape index (κ3) is 1.86. The third-order valence-electron chi connectivity index (χ3n) is 1.16. The Morgan fingerprint density at radius 2 is 2.00 bits per heavy atom. The number of nitrogens with zero attached hydrogens (tertiary/aromatic N) is 2. The van der Waals surface area contributed by atoms with Crippen LogP contribution in [0.25, 0.3) is 12.3 Å². The van der Waals surface area contributed by atoms with Crippen LogP contribution in [0.4, 0.5) is 0 Å². The Kier molecular flexibility index (Phi) is 2.92. The molecule has 0 atom stereocenters. The molecule has 2 N–H and O–H groups in total. The Bertz CT molecular complexity index is 374. The summed E-state index contributed by atoms with van der Waals surface area (Å²) in [5.74, 6) is 0. The van der Waals surface area contributed by atoms with Gasteiger partial charge < -0.3 is 10.3 Å². The molecule has 0 unspecified atom stereocenters. The zero-order chi connectivity index (χ0) is 8.81. The zero-order valence-electron chi connectivity index (χ0n) is 6.14. The van der Waals surface area contributed by atoms with Crippen LogP contribution in [-0.2, 0) is 4.89 Å². The molecule has 0 fully saturated rings. The average molecular weight is 165 g/mol. The van der Waals surface area contributed by atoms with Crippen molar-refractivity contribution < 1.29 is 10.1 Å². The van der Waals surface area contributed by atoms with Gasteiger partial charge >= 0.3 is 0 Å². The Balaban J connectivity index is 3.37. The van der Waals surface area contributed by atoms with Crippen molar-refractivity contribution in [2.75, 3.05) is 0 Å². The van der Waals surface area contributed by atoms with E-state index in [1.54, 1.807) is 0 Å². The van der Waals surface area contributed by atoms with E-state index in [-0.39, 0.29) is 0 Å². The van der Waals surface area contributed by atoms with E-state index in [2.05, 4.69) is 14.9 Å². The molecule has 0 aliphatic rings. The number of hydrogen-bond acceptors (Lipinski definition) is 5. The summed E-state index contributed by atoms with van der Waals surface area (Å²) >= 11 is 0. The lowest BCUT2D eigenvalue weighted by atomic mass is 10.5. The van der Waals surface area contributed by atoms with Crippen LogP contribution in [0.1, 0.15) is 0 Å². The fraction of sp³-hybridized carbons (Fsp3) is 0. The van der Waals surface area contributed by atoms with Crippen LogP contribution in [0, 0.1) is 5.41 Å². The number of rotatable bonds is 2. The molecule has 5 nitrogen and oxygen atoms in total. The van der Waals surface area contributed by atoms with Gasteiger partial charge in [0.2, 0.25) is 0 Å². The van der Waals surface area contributed by atoms with Gasteiger partial charge in [-0.15, -0.1) is 0 Å². The number of hydrogen-bond donors (Lipinski definition) is 2. The standard InChI is InChI=1S/C7H7N3O2/c8-2-1-6-7(5-12-11)10-4-3-9-6/h1-5,8,11H/b6-1+,7-5+,8-2?. The Morgan fingerprint density at radius 3 is 2.58 bits per heavy atom. The van der Waals surface area contributed by atoms with E-state index in [1.165, 1.54) is 18.5 Å². The smallest absolute Gasteiger partial charge is 0.157 e. The minimum atomic E-state index is 0.378. The van der Waals surface area contributed by atoms with Crippen LogP contribution in [0.3, 0.4) is 0 Å². The summed E-state index contributed by atoms with van der Waals surface area (Å²) in [6, 6.07) is 0. The summed E-state index contributed by atoms with van der Waals surface area (Å²) in [7, 11) is 0. The van der Waals surface area contributed by atoms with E-state index in [4.69, 9.17) is 10.7 Å². The quantitative estimate of drug-likeness (QED) is 0.339. The van der Waals surface area contributed by atoms with E-state index in [9.17, 15) is 0 Å². The molecule has 1 heterocycles. The highest BCUT2D eigenvalue weighted by atomic mass is 17.1.